The monoisotopic (exact) mass is 246 g/mol. The molecule has 94 valence electrons. The van der Waals surface area contributed by atoms with Gasteiger partial charge in [-0.25, -0.2) is 4.79 Å². The Morgan fingerprint density at radius 2 is 2.33 bits per heavy atom. The Labute approximate surface area is 104 Å². The van der Waals surface area contributed by atoms with Crippen LogP contribution in [0.2, 0.25) is 0 Å². The highest BCUT2D eigenvalue weighted by Gasteiger charge is 2.25. The van der Waals surface area contributed by atoms with E-state index in [4.69, 9.17) is 4.74 Å². The van der Waals surface area contributed by atoms with Gasteiger partial charge < -0.3 is 14.4 Å². The fourth-order valence-electron chi connectivity index (χ4n) is 2.14. The van der Waals surface area contributed by atoms with Crippen molar-refractivity contribution in [2.75, 3.05) is 7.11 Å². The third-order valence-corrected chi connectivity index (χ3v) is 3.28. The van der Waals surface area contributed by atoms with Gasteiger partial charge in [0.05, 0.1) is 7.11 Å². The number of ether oxygens (including phenoxy) is 1. The lowest BCUT2D eigenvalue weighted by molar-refractivity contribution is 0.0685. The topological polar surface area (TPSA) is 64.3 Å². The van der Waals surface area contributed by atoms with E-state index in [-0.39, 0.29) is 0 Å². The molecule has 0 amide bonds. The van der Waals surface area contributed by atoms with E-state index in [1.807, 2.05) is 6.07 Å². The standard InChI is InChI=1S/C13H14N2O3/c1-18-11-5-4-9-6-10(13(16)17)15(12(9)14-11)7-8-2-3-8/h4-6,8H,2-3,7H2,1H3,(H,16,17). The zero-order chi connectivity index (χ0) is 12.7. The molecule has 0 spiro atoms. The van der Waals surface area contributed by atoms with Crippen molar-refractivity contribution in [2.45, 2.75) is 19.4 Å². The Morgan fingerprint density at radius 3 is 2.94 bits per heavy atom. The van der Waals surface area contributed by atoms with Crippen LogP contribution in [0.1, 0.15) is 23.3 Å². The maximum Gasteiger partial charge on any atom is 0.352 e. The average molecular weight is 246 g/mol. The highest BCUT2D eigenvalue weighted by Crippen LogP contribution is 2.33. The number of pyridine rings is 1. The van der Waals surface area contributed by atoms with Crippen molar-refractivity contribution in [2.24, 2.45) is 5.92 Å². The number of aromatic carboxylic acids is 1. The second kappa shape index (κ2) is 4.01. The third kappa shape index (κ3) is 1.81. The second-order valence-corrected chi connectivity index (χ2v) is 4.66. The summed E-state index contributed by atoms with van der Waals surface area (Å²) in [5.41, 5.74) is 0.997. The number of carboxylic acids is 1. The van der Waals surface area contributed by atoms with Gasteiger partial charge in [-0.3, -0.25) is 0 Å². The number of fused-ring (bicyclic) bond motifs is 1. The summed E-state index contributed by atoms with van der Waals surface area (Å²) in [6.07, 6.45) is 2.34. The third-order valence-electron chi connectivity index (χ3n) is 3.28. The van der Waals surface area contributed by atoms with E-state index in [1.165, 1.54) is 12.8 Å². The molecule has 0 bridgehead atoms. The molecule has 1 saturated carbocycles. The number of rotatable bonds is 4. The van der Waals surface area contributed by atoms with Gasteiger partial charge in [0.15, 0.2) is 0 Å². The number of aromatic nitrogens is 2. The first kappa shape index (κ1) is 11.1. The maximum absolute atomic E-state index is 11.3. The molecule has 0 aliphatic heterocycles. The minimum atomic E-state index is -0.910. The number of hydrogen-bond acceptors (Lipinski definition) is 3. The fourth-order valence-corrected chi connectivity index (χ4v) is 2.14. The Kier molecular flexibility index (Phi) is 2.47. The Balaban J connectivity index is 2.17. The highest BCUT2D eigenvalue weighted by molar-refractivity contribution is 5.93. The van der Waals surface area contributed by atoms with Crippen LogP contribution in [0, 0.1) is 5.92 Å². The van der Waals surface area contributed by atoms with Gasteiger partial charge in [-0.2, -0.15) is 4.98 Å². The van der Waals surface area contributed by atoms with Crippen molar-refractivity contribution < 1.29 is 14.6 Å². The minimum absolute atomic E-state index is 0.303. The molecule has 2 heterocycles. The summed E-state index contributed by atoms with van der Waals surface area (Å²) in [5, 5.41) is 10.1. The predicted molar refractivity (Wildman–Crippen MR) is 66.0 cm³/mol. The molecule has 0 unspecified atom stereocenters. The van der Waals surface area contributed by atoms with Gasteiger partial charge in [0.2, 0.25) is 5.88 Å². The summed E-state index contributed by atoms with van der Waals surface area (Å²) in [4.78, 5) is 15.6. The van der Waals surface area contributed by atoms with Crippen molar-refractivity contribution in [3.05, 3.63) is 23.9 Å². The number of hydrogen-bond donors (Lipinski definition) is 1. The summed E-state index contributed by atoms with van der Waals surface area (Å²) >= 11 is 0. The molecule has 1 fully saturated rings. The van der Waals surface area contributed by atoms with Crippen LogP contribution >= 0.6 is 0 Å². The lowest BCUT2D eigenvalue weighted by Crippen LogP contribution is -2.10. The van der Waals surface area contributed by atoms with Crippen LogP contribution < -0.4 is 4.74 Å². The van der Waals surface area contributed by atoms with Crippen molar-refractivity contribution in [1.29, 1.82) is 0 Å². The van der Waals surface area contributed by atoms with E-state index in [0.29, 0.717) is 23.1 Å². The van der Waals surface area contributed by atoms with Gasteiger partial charge in [0.25, 0.3) is 0 Å². The van der Waals surface area contributed by atoms with Gasteiger partial charge in [-0.15, -0.1) is 0 Å². The quantitative estimate of drug-likeness (QED) is 0.897. The number of carbonyl (C=O) groups is 1. The maximum atomic E-state index is 11.3. The molecule has 1 N–H and O–H groups in total. The van der Waals surface area contributed by atoms with E-state index in [0.717, 1.165) is 11.9 Å². The first-order valence-electron chi connectivity index (χ1n) is 5.96. The van der Waals surface area contributed by atoms with Crippen molar-refractivity contribution >= 4 is 17.0 Å². The molecule has 2 aromatic rings. The lowest BCUT2D eigenvalue weighted by atomic mass is 10.3. The number of methoxy groups -OCH3 is 1. The van der Waals surface area contributed by atoms with Crippen molar-refractivity contribution in [1.82, 2.24) is 9.55 Å². The summed E-state index contributed by atoms with van der Waals surface area (Å²) in [6, 6.07) is 5.26. The zero-order valence-electron chi connectivity index (χ0n) is 10.1. The number of carboxylic acid groups (broad SMARTS) is 1. The molecule has 0 saturated heterocycles. The summed E-state index contributed by atoms with van der Waals surface area (Å²) < 4.78 is 6.89. The van der Waals surface area contributed by atoms with Crippen molar-refractivity contribution in [3.8, 4) is 5.88 Å². The minimum Gasteiger partial charge on any atom is -0.481 e. The van der Waals surface area contributed by atoms with Crippen LogP contribution in [0.4, 0.5) is 0 Å². The second-order valence-electron chi connectivity index (χ2n) is 4.66. The van der Waals surface area contributed by atoms with Gasteiger partial charge in [-0.1, -0.05) is 0 Å². The van der Waals surface area contributed by atoms with Gasteiger partial charge in [0.1, 0.15) is 11.3 Å². The van der Waals surface area contributed by atoms with E-state index in [1.54, 1.807) is 23.8 Å². The normalized spacial score (nSPS) is 14.9. The van der Waals surface area contributed by atoms with Crippen LogP contribution in [-0.2, 0) is 6.54 Å². The SMILES string of the molecule is COc1ccc2cc(C(=O)O)n(CC3CC3)c2n1. The molecule has 5 heteroatoms. The van der Waals surface area contributed by atoms with E-state index < -0.39 is 5.97 Å². The Hall–Kier alpha value is -2.04. The van der Waals surface area contributed by atoms with Crippen LogP contribution in [-0.4, -0.2) is 27.7 Å². The molecule has 18 heavy (non-hydrogen) atoms. The van der Waals surface area contributed by atoms with Crippen LogP contribution in [0.5, 0.6) is 5.88 Å². The zero-order valence-corrected chi connectivity index (χ0v) is 10.1. The number of nitrogens with zero attached hydrogens (tertiary/aromatic N) is 2. The molecular formula is C13H14N2O3. The smallest absolute Gasteiger partial charge is 0.352 e. The van der Waals surface area contributed by atoms with Gasteiger partial charge >= 0.3 is 5.97 Å². The summed E-state index contributed by atoms with van der Waals surface area (Å²) in [7, 11) is 1.56. The van der Waals surface area contributed by atoms with Crippen LogP contribution in [0.15, 0.2) is 18.2 Å². The molecule has 2 aromatic heterocycles. The molecule has 5 nitrogen and oxygen atoms in total. The molecule has 3 rings (SSSR count). The fraction of sp³-hybridized carbons (Fsp3) is 0.385. The summed E-state index contributed by atoms with van der Waals surface area (Å²) in [5.74, 6) is 0.189. The predicted octanol–water partition coefficient (Wildman–Crippen LogP) is 2.15. The van der Waals surface area contributed by atoms with Gasteiger partial charge in [-0.05, 0) is 30.9 Å². The first-order valence-corrected chi connectivity index (χ1v) is 5.96. The Bertz CT molecular complexity index is 614. The molecule has 0 atom stereocenters. The van der Waals surface area contributed by atoms with Crippen LogP contribution in [0.25, 0.3) is 11.0 Å². The van der Waals surface area contributed by atoms with Gasteiger partial charge in [0, 0.05) is 18.0 Å². The van der Waals surface area contributed by atoms with E-state index >= 15 is 0 Å². The average Bonchev–Trinajstić information content (AvgIpc) is 3.10. The molecule has 1 aliphatic rings. The molecule has 0 aromatic carbocycles. The largest absolute Gasteiger partial charge is 0.481 e. The Morgan fingerprint density at radius 1 is 1.56 bits per heavy atom. The molecule has 1 aliphatic carbocycles. The lowest BCUT2D eigenvalue weighted by Gasteiger charge is -2.07. The molecule has 0 radical (unpaired) electrons. The van der Waals surface area contributed by atoms with E-state index in [2.05, 4.69) is 4.98 Å². The highest BCUT2D eigenvalue weighted by atomic mass is 16.5. The first-order chi connectivity index (χ1) is 8.69. The summed E-state index contributed by atoms with van der Waals surface area (Å²) in [6.45, 7) is 0.727. The van der Waals surface area contributed by atoms with E-state index in [9.17, 15) is 9.90 Å². The van der Waals surface area contributed by atoms with Crippen molar-refractivity contribution in [3.63, 3.8) is 0 Å². The van der Waals surface area contributed by atoms with Crippen LogP contribution in [0.3, 0.4) is 0 Å². The molecular weight excluding hydrogens is 232 g/mol.